The zero-order valence-electron chi connectivity index (χ0n) is 26.9. The first kappa shape index (κ1) is 41.1. The minimum Gasteiger partial charge on any atom is -0.460 e. The van der Waals surface area contributed by atoms with E-state index in [0.29, 0.717) is 9.75 Å². The van der Waals surface area contributed by atoms with Crippen molar-refractivity contribution in [2.45, 2.75) is 51.8 Å². The molecule has 0 atom stereocenters. The molecule has 1 aliphatic rings. The molecule has 0 aliphatic heterocycles. The predicted molar refractivity (Wildman–Crippen MR) is 180 cm³/mol. The van der Waals surface area contributed by atoms with E-state index in [0.717, 1.165) is 28.7 Å². The molecule has 17 heteroatoms. The van der Waals surface area contributed by atoms with Gasteiger partial charge in [-0.15, -0.1) is 22.7 Å². The second kappa shape index (κ2) is 17.8. The van der Waals surface area contributed by atoms with Gasteiger partial charge in [-0.25, -0.2) is 9.59 Å². The molecular weight excluding hydrogens is 817 g/mol. The monoisotopic (exact) mass is 852 g/mol. The summed E-state index contributed by atoms with van der Waals surface area (Å²) in [7, 11) is 0. The summed E-state index contributed by atoms with van der Waals surface area (Å²) in [5, 5.41) is 0. The van der Waals surface area contributed by atoms with Crippen LogP contribution in [0.4, 0.5) is 26.3 Å². The number of ether oxygens (including phenoxy) is 6. The molecule has 0 radical (unpaired) electrons. The van der Waals surface area contributed by atoms with E-state index in [9.17, 15) is 18.4 Å². The van der Waals surface area contributed by atoms with E-state index < -0.39 is 52.0 Å². The number of carbonyl (C=O) groups excluding carboxylic acids is 2. The van der Waals surface area contributed by atoms with Gasteiger partial charge in [-0.2, -0.15) is 26.3 Å². The summed E-state index contributed by atoms with van der Waals surface area (Å²) in [5.74, 6) is -17.2. The third-order valence-electron chi connectivity index (χ3n) is 6.76. The number of alkyl halides is 6. The zero-order chi connectivity index (χ0) is 36.6. The van der Waals surface area contributed by atoms with Gasteiger partial charge in [0.1, 0.15) is 13.2 Å². The summed E-state index contributed by atoms with van der Waals surface area (Å²) in [6.45, 7) is 11.6. The molecule has 0 unspecified atom stereocenters. The van der Waals surface area contributed by atoms with E-state index >= 15 is 17.6 Å². The van der Waals surface area contributed by atoms with Crippen LogP contribution in [-0.2, 0) is 51.2 Å². The van der Waals surface area contributed by atoms with Crippen molar-refractivity contribution in [2.24, 2.45) is 0 Å². The van der Waals surface area contributed by atoms with Crippen LogP contribution in [0.5, 0.6) is 0 Å². The van der Waals surface area contributed by atoms with Gasteiger partial charge in [0, 0.05) is 42.5 Å². The topological polar surface area (TPSA) is 89.5 Å². The fraction of sp³-hybridized carbons (Fsp3) is 0.500. The maximum absolute atomic E-state index is 15.4. The Kier molecular flexibility index (Phi) is 14.9. The van der Waals surface area contributed by atoms with Crippen LogP contribution < -0.4 is 0 Å². The van der Waals surface area contributed by atoms with Crippen molar-refractivity contribution in [3.05, 3.63) is 65.1 Å². The predicted octanol–water partition coefficient (Wildman–Crippen LogP) is 7.86. The van der Waals surface area contributed by atoms with Crippen molar-refractivity contribution in [3.63, 3.8) is 0 Å². The Bertz CT molecular complexity index is 1440. The second-order valence-corrected chi connectivity index (χ2v) is 15.0. The maximum Gasteiger partial charge on any atom is 0.380 e. The summed E-state index contributed by atoms with van der Waals surface area (Å²) < 4.78 is 123. The lowest BCUT2D eigenvalue weighted by Gasteiger charge is -2.25. The molecule has 0 saturated heterocycles. The van der Waals surface area contributed by atoms with Gasteiger partial charge >= 0.3 is 29.7 Å². The smallest absolute Gasteiger partial charge is 0.380 e. The van der Waals surface area contributed by atoms with Crippen molar-refractivity contribution in [3.8, 4) is 0 Å². The fourth-order valence-corrected chi connectivity index (χ4v) is 7.45. The Morgan fingerprint density at radius 1 is 0.673 bits per heavy atom. The Morgan fingerprint density at radius 2 is 1.06 bits per heavy atom. The van der Waals surface area contributed by atoms with Crippen LogP contribution in [-0.4, -0.2) is 82.6 Å². The highest BCUT2D eigenvalue weighted by atomic mass is 127. The third kappa shape index (κ3) is 9.94. The van der Waals surface area contributed by atoms with E-state index in [1.54, 1.807) is 22.6 Å². The summed E-state index contributed by atoms with van der Waals surface area (Å²) in [4.78, 5) is 23.5. The Labute approximate surface area is 301 Å². The van der Waals surface area contributed by atoms with Gasteiger partial charge in [0.05, 0.1) is 55.7 Å². The van der Waals surface area contributed by atoms with Crippen molar-refractivity contribution in [1.29, 1.82) is 0 Å². The molecular formula is C32H35F6IO8S2. The molecule has 0 spiro atoms. The fourth-order valence-electron chi connectivity index (χ4n) is 4.37. The maximum atomic E-state index is 15.4. The molecule has 0 saturated carbocycles. The molecule has 2 aromatic rings. The highest BCUT2D eigenvalue weighted by Gasteiger charge is 2.80. The van der Waals surface area contributed by atoms with Gasteiger partial charge < -0.3 is 28.4 Å². The highest BCUT2D eigenvalue weighted by Crippen LogP contribution is 2.65. The average molecular weight is 853 g/mol. The molecule has 0 N–H and O–H groups in total. The molecule has 272 valence electrons. The van der Waals surface area contributed by atoms with Crippen LogP contribution in [0.15, 0.2) is 36.4 Å². The Balaban J connectivity index is 1.68. The highest BCUT2D eigenvalue weighted by molar-refractivity contribution is 14.1. The Hall–Kier alpha value is -2.29. The van der Waals surface area contributed by atoms with Gasteiger partial charge in [-0.1, -0.05) is 13.2 Å². The number of hydrogen-bond acceptors (Lipinski definition) is 10. The molecule has 1 aliphatic carbocycles. The number of carbonyl (C=O) groups is 2. The Morgan fingerprint density at radius 3 is 1.53 bits per heavy atom. The first-order valence-electron chi connectivity index (χ1n) is 14.7. The third-order valence-corrected chi connectivity index (χ3v) is 9.93. The van der Waals surface area contributed by atoms with Crippen LogP contribution in [0.2, 0.25) is 0 Å². The van der Waals surface area contributed by atoms with Crippen molar-refractivity contribution in [1.82, 2.24) is 0 Å². The molecule has 0 amide bonds. The van der Waals surface area contributed by atoms with Gasteiger partial charge in [-0.05, 0) is 61.1 Å². The van der Waals surface area contributed by atoms with E-state index in [-0.39, 0.29) is 85.0 Å². The zero-order valence-corrected chi connectivity index (χ0v) is 30.7. The number of rotatable bonds is 20. The summed E-state index contributed by atoms with van der Waals surface area (Å²) >= 11 is 3.58. The molecule has 2 heterocycles. The first-order valence-corrected chi connectivity index (χ1v) is 17.4. The quantitative estimate of drug-likeness (QED) is 0.0438. The first-order chi connectivity index (χ1) is 22.9. The molecule has 3 rings (SSSR count). The van der Waals surface area contributed by atoms with Crippen molar-refractivity contribution < 1.29 is 64.4 Å². The number of thiophene rings is 2. The second-order valence-electron chi connectivity index (χ2n) is 10.7. The molecule has 0 fully saturated rings. The number of aryl methyl sites for hydroxylation is 1. The van der Waals surface area contributed by atoms with E-state index in [1.807, 2.05) is 0 Å². The van der Waals surface area contributed by atoms with Gasteiger partial charge in [0.2, 0.25) is 0 Å². The molecule has 0 bridgehead atoms. The van der Waals surface area contributed by atoms with Crippen molar-refractivity contribution >= 4 is 68.3 Å². The number of hydrogen-bond donors (Lipinski definition) is 0. The van der Waals surface area contributed by atoms with Gasteiger partial charge in [0.25, 0.3) is 0 Å². The largest absolute Gasteiger partial charge is 0.460 e. The van der Waals surface area contributed by atoms with Crippen LogP contribution in [0, 0.1) is 9.81 Å². The van der Waals surface area contributed by atoms with Crippen molar-refractivity contribution in [2.75, 3.05) is 52.9 Å². The normalized spacial score (nSPS) is 16.2. The minimum absolute atomic E-state index is 0.00392. The molecule has 8 nitrogen and oxygen atoms in total. The number of allylic oxidation sites excluding steroid dienone is 2. The summed E-state index contributed by atoms with van der Waals surface area (Å²) in [6, 6.07) is 2.33. The van der Waals surface area contributed by atoms with Gasteiger partial charge in [-0.3, -0.25) is 0 Å². The van der Waals surface area contributed by atoms with Crippen LogP contribution in [0.3, 0.4) is 0 Å². The summed E-state index contributed by atoms with van der Waals surface area (Å²) in [6.07, 6.45) is 0. The number of halogens is 7. The van der Waals surface area contributed by atoms with E-state index in [1.165, 1.54) is 26.8 Å². The minimum atomic E-state index is -5.69. The van der Waals surface area contributed by atoms with Gasteiger partial charge in [0.15, 0.2) is 0 Å². The standard InChI is InChI=1S/C32H35F6IO8S2/c1-18(2)28(40)46-12-10-42-6-8-44-16-21-14-23(20(5)48-21)25-26(31(35,36)32(37,38)30(25,33)34)24-15-22(49-27(24)39)17-45-9-7-43-11-13-47-29(41)19(3)4/h14-15H,1,3,6-13,16-17H2,2,4-5H3. The average Bonchev–Trinajstić information content (AvgIpc) is 3.60. The molecule has 2 aromatic heterocycles. The number of esters is 2. The molecule has 0 aromatic carbocycles. The van der Waals surface area contributed by atoms with E-state index in [4.69, 9.17) is 28.4 Å². The summed E-state index contributed by atoms with van der Waals surface area (Å²) in [5.41, 5.74) is -3.21. The van der Waals surface area contributed by atoms with Crippen LogP contribution in [0.25, 0.3) is 11.1 Å². The van der Waals surface area contributed by atoms with E-state index in [2.05, 4.69) is 13.2 Å². The lowest BCUT2D eigenvalue weighted by atomic mass is 9.96. The van der Waals surface area contributed by atoms with Crippen LogP contribution >= 0.6 is 45.3 Å². The lowest BCUT2D eigenvalue weighted by Crippen LogP contribution is -2.48. The lowest BCUT2D eigenvalue weighted by molar-refractivity contribution is -0.254. The van der Waals surface area contributed by atoms with Crippen LogP contribution in [0.1, 0.15) is 39.6 Å². The molecule has 49 heavy (non-hydrogen) atoms. The SMILES string of the molecule is C=C(C)C(=O)OCCOCCOCc1cc(C2=C(c3cc(COCCOCCOC(=O)C(=C)C)sc3I)C(F)(F)C(F)(F)C2(F)F)c(C)s1.